The Morgan fingerprint density at radius 1 is 1.50 bits per heavy atom. The van der Waals surface area contributed by atoms with Gasteiger partial charge in [-0.3, -0.25) is 0 Å². The van der Waals surface area contributed by atoms with Crippen molar-refractivity contribution in [1.82, 2.24) is 0 Å². The van der Waals surface area contributed by atoms with Crippen LogP contribution in [0.1, 0.15) is 25.3 Å². The summed E-state index contributed by atoms with van der Waals surface area (Å²) in [7, 11) is 1.78. The van der Waals surface area contributed by atoms with Crippen LogP contribution in [0.3, 0.4) is 0 Å². The number of benzene rings is 1. The van der Waals surface area contributed by atoms with Gasteiger partial charge in [0.15, 0.2) is 0 Å². The van der Waals surface area contributed by atoms with Gasteiger partial charge in [0, 0.05) is 30.4 Å². The molecule has 0 spiro atoms. The minimum absolute atomic E-state index is 0.0708. The van der Waals surface area contributed by atoms with E-state index in [9.17, 15) is 0 Å². The molecule has 1 aliphatic rings. The van der Waals surface area contributed by atoms with Crippen LogP contribution in [0.15, 0.2) is 22.7 Å². The third-order valence-electron chi connectivity index (χ3n) is 3.59. The van der Waals surface area contributed by atoms with Crippen LogP contribution in [0.5, 0.6) is 0 Å². The quantitative estimate of drug-likeness (QED) is 0.841. The third kappa shape index (κ3) is 2.68. The number of anilines is 1. The number of hydrogen-bond acceptors (Lipinski definition) is 3. The molecule has 96 valence electrons. The van der Waals surface area contributed by atoms with Gasteiger partial charge in [-0.1, -0.05) is 0 Å². The second-order valence-electron chi connectivity index (χ2n) is 4.96. The average Bonchev–Trinajstić information content (AvgIpc) is 2.39. The molecule has 1 aromatic carbocycles. The fourth-order valence-corrected chi connectivity index (χ4v) is 2.84. The van der Waals surface area contributed by atoms with E-state index in [4.69, 9.17) is 10.00 Å². The summed E-state index contributed by atoms with van der Waals surface area (Å²) in [6.07, 6.45) is 2.22. The molecule has 0 N–H and O–H groups in total. The molecule has 1 fully saturated rings. The lowest BCUT2D eigenvalue weighted by Gasteiger charge is -2.40. The number of methoxy groups -OCH3 is 1. The summed E-state index contributed by atoms with van der Waals surface area (Å²) < 4.78 is 6.45. The number of halogens is 1. The van der Waals surface area contributed by atoms with E-state index in [2.05, 4.69) is 33.8 Å². The molecular weight excluding hydrogens is 292 g/mol. The second kappa shape index (κ2) is 5.29. The van der Waals surface area contributed by atoms with Crippen molar-refractivity contribution in [2.24, 2.45) is 0 Å². The lowest BCUT2D eigenvalue weighted by molar-refractivity contribution is -0.00465. The Kier molecular flexibility index (Phi) is 3.94. The summed E-state index contributed by atoms with van der Waals surface area (Å²) in [5.74, 6) is 0. The fourth-order valence-electron chi connectivity index (χ4n) is 2.38. The zero-order valence-electron chi connectivity index (χ0n) is 10.7. The summed E-state index contributed by atoms with van der Waals surface area (Å²) >= 11 is 3.44. The van der Waals surface area contributed by atoms with Crippen molar-refractivity contribution in [1.29, 1.82) is 5.26 Å². The first-order valence-corrected chi connectivity index (χ1v) is 6.87. The summed E-state index contributed by atoms with van der Waals surface area (Å²) in [6, 6.07) is 8.04. The van der Waals surface area contributed by atoms with Crippen molar-refractivity contribution >= 4 is 21.6 Å². The molecule has 0 bridgehead atoms. The van der Waals surface area contributed by atoms with Crippen molar-refractivity contribution < 1.29 is 4.74 Å². The first-order valence-electron chi connectivity index (χ1n) is 6.08. The molecule has 0 radical (unpaired) electrons. The van der Waals surface area contributed by atoms with E-state index in [0.29, 0.717) is 5.56 Å². The standard InChI is InChI=1S/C14H17BrN2O/c1-14(18-2)6-3-7-17(10-14)12-5-4-11(9-16)13(15)8-12/h4-5,8H,3,6-7,10H2,1-2H3. The van der Waals surface area contributed by atoms with Gasteiger partial charge in [0.05, 0.1) is 11.2 Å². The van der Waals surface area contributed by atoms with Crippen LogP contribution in [-0.2, 0) is 4.74 Å². The molecule has 1 unspecified atom stereocenters. The largest absolute Gasteiger partial charge is 0.377 e. The Morgan fingerprint density at radius 2 is 2.28 bits per heavy atom. The molecule has 1 aromatic rings. The van der Waals surface area contributed by atoms with Gasteiger partial charge in [-0.15, -0.1) is 0 Å². The SMILES string of the molecule is COC1(C)CCCN(c2ccc(C#N)c(Br)c2)C1. The van der Waals surface area contributed by atoms with Crippen LogP contribution >= 0.6 is 15.9 Å². The van der Waals surface area contributed by atoms with E-state index in [1.54, 1.807) is 7.11 Å². The van der Waals surface area contributed by atoms with Crippen LogP contribution in [-0.4, -0.2) is 25.8 Å². The van der Waals surface area contributed by atoms with E-state index >= 15 is 0 Å². The summed E-state index contributed by atoms with van der Waals surface area (Å²) in [4.78, 5) is 2.32. The van der Waals surface area contributed by atoms with Gasteiger partial charge in [-0.2, -0.15) is 5.26 Å². The average molecular weight is 309 g/mol. The lowest BCUT2D eigenvalue weighted by Crippen LogP contribution is -2.47. The maximum absolute atomic E-state index is 8.93. The van der Waals surface area contributed by atoms with Gasteiger partial charge in [0.25, 0.3) is 0 Å². The smallest absolute Gasteiger partial charge is 0.100 e. The molecule has 0 saturated carbocycles. The normalized spacial score (nSPS) is 23.8. The van der Waals surface area contributed by atoms with E-state index in [-0.39, 0.29) is 5.60 Å². The number of nitrogens with zero attached hydrogens (tertiary/aromatic N) is 2. The molecule has 0 aliphatic carbocycles. The van der Waals surface area contributed by atoms with Crippen LogP contribution in [0, 0.1) is 11.3 Å². The molecule has 3 nitrogen and oxygen atoms in total. The second-order valence-corrected chi connectivity index (χ2v) is 5.81. The van der Waals surface area contributed by atoms with E-state index in [1.165, 1.54) is 0 Å². The highest BCUT2D eigenvalue weighted by atomic mass is 79.9. The van der Waals surface area contributed by atoms with E-state index in [1.807, 2.05) is 18.2 Å². The maximum Gasteiger partial charge on any atom is 0.100 e. The highest BCUT2D eigenvalue weighted by Gasteiger charge is 2.30. The van der Waals surface area contributed by atoms with Crippen LogP contribution in [0.25, 0.3) is 0 Å². The van der Waals surface area contributed by atoms with Crippen molar-refractivity contribution in [2.75, 3.05) is 25.1 Å². The number of piperidine rings is 1. The minimum atomic E-state index is -0.0708. The van der Waals surface area contributed by atoms with E-state index < -0.39 is 0 Å². The Bertz CT molecular complexity index is 483. The summed E-state index contributed by atoms with van der Waals surface area (Å²) in [6.45, 7) is 4.08. The molecule has 1 saturated heterocycles. The number of nitriles is 1. The molecule has 18 heavy (non-hydrogen) atoms. The monoisotopic (exact) mass is 308 g/mol. The fraction of sp³-hybridized carbons (Fsp3) is 0.500. The van der Waals surface area contributed by atoms with Crippen LogP contribution in [0.2, 0.25) is 0 Å². The van der Waals surface area contributed by atoms with Crippen molar-refractivity contribution in [3.05, 3.63) is 28.2 Å². The number of rotatable bonds is 2. The minimum Gasteiger partial charge on any atom is -0.377 e. The first-order chi connectivity index (χ1) is 8.58. The lowest BCUT2D eigenvalue weighted by atomic mass is 9.94. The summed E-state index contributed by atoms with van der Waals surface area (Å²) in [5, 5.41) is 8.93. The zero-order valence-corrected chi connectivity index (χ0v) is 12.3. The van der Waals surface area contributed by atoms with Gasteiger partial charge < -0.3 is 9.64 Å². The predicted molar refractivity (Wildman–Crippen MR) is 75.7 cm³/mol. The first kappa shape index (κ1) is 13.4. The Balaban J connectivity index is 2.22. The topological polar surface area (TPSA) is 36.3 Å². The molecule has 0 aromatic heterocycles. The molecule has 2 rings (SSSR count). The number of ether oxygens (including phenoxy) is 1. The highest BCUT2D eigenvalue weighted by Crippen LogP contribution is 2.30. The van der Waals surface area contributed by atoms with Gasteiger partial charge in [0.2, 0.25) is 0 Å². The molecule has 0 amide bonds. The van der Waals surface area contributed by atoms with Crippen molar-refractivity contribution in [3.8, 4) is 6.07 Å². The molecular formula is C14H17BrN2O. The summed E-state index contributed by atoms with van der Waals surface area (Å²) in [5.41, 5.74) is 1.74. The molecule has 1 heterocycles. The Labute approximate surface area is 116 Å². The highest BCUT2D eigenvalue weighted by molar-refractivity contribution is 9.10. The molecule has 1 aliphatic heterocycles. The molecule has 1 atom stereocenters. The Hall–Kier alpha value is -1.05. The predicted octanol–water partition coefficient (Wildman–Crippen LogP) is 3.33. The zero-order chi connectivity index (χ0) is 13.2. The number of hydrogen-bond donors (Lipinski definition) is 0. The molecule has 4 heteroatoms. The van der Waals surface area contributed by atoms with Crippen molar-refractivity contribution in [3.63, 3.8) is 0 Å². The third-order valence-corrected chi connectivity index (χ3v) is 4.25. The van der Waals surface area contributed by atoms with Crippen molar-refractivity contribution in [2.45, 2.75) is 25.4 Å². The van der Waals surface area contributed by atoms with Gasteiger partial charge in [-0.25, -0.2) is 0 Å². The van der Waals surface area contributed by atoms with E-state index in [0.717, 1.165) is 36.1 Å². The Morgan fingerprint density at radius 3 is 2.89 bits per heavy atom. The van der Waals surface area contributed by atoms with Gasteiger partial charge in [-0.05, 0) is 53.9 Å². The van der Waals surface area contributed by atoms with Gasteiger partial charge in [0.1, 0.15) is 6.07 Å². The maximum atomic E-state index is 8.93. The van der Waals surface area contributed by atoms with Crippen LogP contribution < -0.4 is 4.90 Å². The van der Waals surface area contributed by atoms with Crippen LogP contribution in [0.4, 0.5) is 5.69 Å². The van der Waals surface area contributed by atoms with Gasteiger partial charge >= 0.3 is 0 Å².